The molecule has 0 unspecified atom stereocenters. The molecule has 0 aromatic heterocycles. The van der Waals surface area contributed by atoms with E-state index >= 15 is 0 Å². The van der Waals surface area contributed by atoms with Crippen LogP contribution >= 0.6 is 0 Å². The largest absolute Gasteiger partial charge is 0.313 e. The van der Waals surface area contributed by atoms with Gasteiger partial charge in [-0.2, -0.15) is 0 Å². The molecule has 1 N–H and O–H groups in total. The van der Waals surface area contributed by atoms with Gasteiger partial charge in [0.25, 0.3) is 0 Å². The maximum absolute atomic E-state index is 3.60. The van der Waals surface area contributed by atoms with Gasteiger partial charge in [0.15, 0.2) is 0 Å². The van der Waals surface area contributed by atoms with Gasteiger partial charge in [0, 0.05) is 6.04 Å². The van der Waals surface area contributed by atoms with Gasteiger partial charge in [0.05, 0.1) is 0 Å². The van der Waals surface area contributed by atoms with Crippen molar-refractivity contribution in [1.29, 1.82) is 0 Å². The van der Waals surface area contributed by atoms with Crippen molar-refractivity contribution in [3.8, 4) is 11.1 Å². The Balaban J connectivity index is 1.69. The number of benzene rings is 2. The van der Waals surface area contributed by atoms with Crippen molar-refractivity contribution in [2.45, 2.75) is 25.8 Å². The zero-order chi connectivity index (χ0) is 13.1. The van der Waals surface area contributed by atoms with Gasteiger partial charge in [0.2, 0.25) is 0 Å². The molecule has 0 aliphatic carbocycles. The summed E-state index contributed by atoms with van der Waals surface area (Å²) in [7, 11) is 0. The lowest BCUT2D eigenvalue weighted by atomic mass is 9.98. The lowest BCUT2D eigenvalue weighted by Gasteiger charge is -2.11. The molecule has 2 aromatic carbocycles. The molecule has 0 spiro atoms. The second-order valence-corrected chi connectivity index (χ2v) is 5.71. The summed E-state index contributed by atoms with van der Waals surface area (Å²) in [4.78, 5) is 0. The van der Waals surface area contributed by atoms with E-state index in [2.05, 4.69) is 66.8 Å². The smallest absolute Gasteiger partial charge is 0.0111 e. The van der Waals surface area contributed by atoms with E-state index in [1.807, 2.05) is 0 Å². The molecule has 0 radical (unpaired) electrons. The minimum absolute atomic E-state index is 0.664. The number of nitrogens with one attached hydrogen (secondary N) is 1. The minimum atomic E-state index is 0.664. The molecule has 3 rings (SSSR count). The fourth-order valence-electron chi connectivity index (χ4n) is 2.92. The van der Waals surface area contributed by atoms with Crippen LogP contribution < -0.4 is 5.32 Å². The first kappa shape index (κ1) is 12.4. The van der Waals surface area contributed by atoms with Crippen LogP contribution in [0.3, 0.4) is 0 Å². The van der Waals surface area contributed by atoms with Gasteiger partial charge in [-0.05, 0) is 42.0 Å². The Morgan fingerprint density at radius 3 is 2.26 bits per heavy atom. The highest BCUT2D eigenvalue weighted by molar-refractivity contribution is 5.63. The Morgan fingerprint density at radius 2 is 1.63 bits per heavy atom. The summed E-state index contributed by atoms with van der Waals surface area (Å²) in [5.41, 5.74) is 4.03. The predicted molar refractivity (Wildman–Crippen MR) is 81.2 cm³/mol. The Morgan fingerprint density at radius 1 is 0.947 bits per heavy atom. The normalized spacial score (nSPS) is 22.6. The van der Waals surface area contributed by atoms with E-state index in [9.17, 15) is 0 Å². The molecule has 0 saturated carbocycles. The van der Waals surface area contributed by atoms with Gasteiger partial charge in [-0.3, -0.25) is 0 Å². The molecule has 2 atom stereocenters. The highest BCUT2D eigenvalue weighted by atomic mass is 14.9. The molecule has 2 aromatic rings. The van der Waals surface area contributed by atoms with Crippen molar-refractivity contribution in [3.63, 3.8) is 0 Å². The van der Waals surface area contributed by atoms with Gasteiger partial charge >= 0.3 is 0 Å². The van der Waals surface area contributed by atoms with E-state index < -0.39 is 0 Å². The Hall–Kier alpha value is -1.60. The standard InChI is InChI=1S/C18H21N/c1-14-11-18(19-13-14)12-15-7-9-17(10-8-15)16-5-3-2-4-6-16/h2-10,14,18-19H,11-13H2,1H3/t14-,18-/m0/s1. The van der Waals surface area contributed by atoms with E-state index in [4.69, 9.17) is 0 Å². The Kier molecular flexibility index (Phi) is 3.65. The molecular formula is C18H21N. The van der Waals surface area contributed by atoms with Crippen molar-refractivity contribution in [2.75, 3.05) is 6.54 Å². The summed E-state index contributed by atoms with van der Waals surface area (Å²) in [5.74, 6) is 0.827. The molecule has 0 amide bonds. The number of hydrogen-bond acceptors (Lipinski definition) is 1. The molecule has 1 nitrogen and oxygen atoms in total. The Labute approximate surface area is 115 Å². The minimum Gasteiger partial charge on any atom is -0.313 e. The molecule has 1 aliphatic rings. The second kappa shape index (κ2) is 5.58. The zero-order valence-electron chi connectivity index (χ0n) is 11.5. The van der Waals surface area contributed by atoms with Crippen LogP contribution in [0.4, 0.5) is 0 Å². The van der Waals surface area contributed by atoms with Crippen molar-refractivity contribution >= 4 is 0 Å². The van der Waals surface area contributed by atoms with E-state index in [1.54, 1.807) is 0 Å². The van der Waals surface area contributed by atoms with Crippen LogP contribution in [0.5, 0.6) is 0 Å². The summed E-state index contributed by atoms with van der Waals surface area (Å²) in [5, 5.41) is 3.60. The Bertz CT molecular complexity index is 515. The maximum Gasteiger partial charge on any atom is 0.0111 e. The van der Waals surface area contributed by atoms with Crippen molar-refractivity contribution < 1.29 is 0 Å². The number of rotatable bonds is 3. The van der Waals surface area contributed by atoms with Crippen LogP contribution in [0, 0.1) is 5.92 Å². The van der Waals surface area contributed by atoms with Gasteiger partial charge in [0.1, 0.15) is 0 Å². The van der Waals surface area contributed by atoms with Crippen LogP contribution in [0.15, 0.2) is 54.6 Å². The molecule has 1 heterocycles. The van der Waals surface area contributed by atoms with E-state index in [0.717, 1.165) is 12.3 Å². The van der Waals surface area contributed by atoms with Crippen LogP contribution in [-0.4, -0.2) is 12.6 Å². The molecular weight excluding hydrogens is 230 g/mol. The summed E-state index contributed by atoms with van der Waals surface area (Å²) < 4.78 is 0. The molecule has 1 fully saturated rings. The SMILES string of the molecule is C[C@@H]1CN[C@H](Cc2ccc(-c3ccccc3)cc2)C1. The lowest BCUT2D eigenvalue weighted by Crippen LogP contribution is -2.23. The summed E-state index contributed by atoms with van der Waals surface area (Å²) in [6.07, 6.45) is 2.46. The highest BCUT2D eigenvalue weighted by Gasteiger charge is 2.20. The van der Waals surface area contributed by atoms with Gasteiger partial charge < -0.3 is 5.32 Å². The van der Waals surface area contributed by atoms with E-state index in [1.165, 1.54) is 29.7 Å². The maximum atomic E-state index is 3.60. The van der Waals surface area contributed by atoms with E-state index in [0.29, 0.717) is 6.04 Å². The molecule has 1 aliphatic heterocycles. The number of hydrogen-bond donors (Lipinski definition) is 1. The molecule has 98 valence electrons. The third kappa shape index (κ3) is 3.05. The average molecular weight is 251 g/mol. The topological polar surface area (TPSA) is 12.0 Å². The zero-order valence-corrected chi connectivity index (χ0v) is 11.5. The van der Waals surface area contributed by atoms with Crippen LogP contribution in [0.25, 0.3) is 11.1 Å². The summed E-state index contributed by atoms with van der Waals surface area (Å²) >= 11 is 0. The molecule has 19 heavy (non-hydrogen) atoms. The van der Waals surface area contributed by atoms with Gasteiger partial charge in [-0.1, -0.05) is 61.5 Å². The highest BCUT2D eigenvalue weighted by Crippen LogP contribution is 2.21. The average Bonchev–Trinajstić information content (AvgIpc) is 2.86. The summed E-state index contributed by atoms with van der Waals surface area (Å²) in [6, 6.07) is 20.2. The van der Waals surface area contributed by atoms with Crippen molar-refractivity contribution in [2.24, 2.45) is 5.92 Å². The first-order valence-electron chi connectivity index (χ1n) is 7.19. The van der Waals surface area contributed by atoms with Crippen LogP contribution in [0.1, 0.15) is 18.9 Å². The fraction of sp³-hybridized carbons (Fsp3) is 0.333. The van der Waals surface area contributed by atoms with Crippen molar-refractivity contribution in [1.82, 2.24) is 5.32 Å². The summed E-state index contributed by atoms with van der Waals surface area (Å²) in [6.45, 7) is 3.50. The fourth-order valence-corrected chi connectivity index (χ4v) is 2.92. The van der Waals surface area contributed by atoms with Gasteiger partial charge in [-0.15, -0.1) is 0 Å². The van der Waals surface area contributed by atoms with Crippen molar-refractivity contribution in [3.05, 3.63) is 60.2 Å². The van der Waals surface area contributed by atoms with Crippen LogP contribution in [-0.2, 0) is 6.42 Å². The molecule has 1 heteroatoms. The van der Waals surface area contributed by atoms with E-state index in [-0.39, 0.29) is 0 Å². The lowest BCUT2D eigenvalue weighted by molar-refractivity contribution is 0.581. The molecule has 0 bridgehead atoms. The first-order chi connectivity index (χ1) is 9.31. The molecule has 1 saturated heterocycles. The monoisotopic (exact) mass is 251 g/mol. The predicted octanol–water partition coefficient (Wildman–Crippen LogP) is 3.89. The third-order valence-electron chi connectivity index (χ3n) is 3.99. The quantitative estimate of drug-likeness (QED) is 0.872. The first-order valence-corrected chi connectivity index (χ1v) is 7.19. The second-order valence-electron chi connectivity index (χ2n) is 5.71. The third-order valence-corrected chi connectivity index (χ3v) is 3.99. The van der Waals surface area contributed by atoms with Gasteiger partial charge in [-0.25, -0.2) is 0 Å². The van der Waals surface area contributed by atoms with Crippen LogP contribution in [0.2, 0.25) is 0 Å².